The third-order valence-electron chi connectivity index (χ3n) is 5.00. The van der Waals surface area contributed by atoms with Crippen LogP contribution in [0.25, 0.3) is 0 Å². The SMILES string of the molecule is CC(=O)Nc1sc2c(c1[C@@H](c1cccs1)N1CCOCC1)CCCC2. The number of anilines is 1. The molecule has 1 amide bonds. The van der Waals surface area contributed by atoms with E-state index in [1.807, 2.05) is 11.3 Å². The smallest absolute Gasteiger partial charge is 0.221 e. The first-order chi connectivity index (χ1) is 12.2. The molecule has 25 heavy (non-hydrogen) atoms. The van der Waals surface area contributed by atoms with Gasteiger partial charge in [0.05, 0.1) is 19.3 Å². The number of carbonyl (C=O) groups is 1. The Morgan fingerprint density at radius 1 is 1.28 bits per heavy atom. The molecule has 4 nitrogen and oxygen atoms in total. The lowest BCUT2D eigenvalue weighted by atomic mass is 9.91. The van der Waals surface area contributed by atoms with Crippen LogP contribution in [0.15, 0.2) is 17.5 Å². The van der Waals surface area contributed by atoms with Crippen LogP contribution in [0.2, 0.25) is 0 Å². The van der Waals surface area contributed by atoms with Gasteiger partial charge in [-0.2, -0.15) is 0 Å². The van der Waals surface area contributed by atoms with Gasteiger partial charge in [-0.3, -0.25) is 9.69 Å². The van der Waals surface area contributed by atoms with Crippen LogP contribution in [-0.2, 0) is 22.4 Å². The van der Waals surface area contributed by atoms with Crippen molar-refractivity contribution in [3.05, 3.63) is 38.4 Å². The first-order valence-electron chi connectivity index (χ1n) is 9.01. The molecule has 0 bridgehead atoms. The predicted octanol–water partition coefficient (Wildman–Crippen LogP) is 4.07. The summed E-state index contributed by atoms with van der Waals surface area (Å²) in [6.45, 7) is 5.05. The molecule has 2 aromatic rings. The van der Waals surface area contributed by atoms with Crippen molar-refractivity contribution in [2.45, 2.75) is 38.6 Å². The molecule has 1 atom stereocenters. The molecule has 0 aromatic carbocycles. The minimum atomic E-state index is 0.0201. The molecule has 0 unspecified atom stereocenters. The fourth-order valence-corrected chi connectivity index (χ4v) is 6.15. The van der Waals surface area contributed by atoms with Crippen molar-refractivity contribution in [3.63, 3.8) is 0 Å². The van der Waals surface area contributed by atoms with Crippen LogP contribution in [0.1, 0.15) is 46.7 Å². The van der Waals surface area contributed by atoms with E-state index in [1.165, 1.54) is 33.7 Å². The molecule has 1 aliphatic heterocycles. The zero-order valence-corrected chi connectivity index (χ0v) is 16.2. The summed E-state index contributed by atoms with van der Waals surface area (Å²) in [6.07, 6.45) is 4.78. The largest absolute Gasteiger partial charge is 0.379 e. The average Bonchev–Trinajstić information content (AvgIpc) is 3.25. The van der Waals surface area contributed by atoms with Crippen LogP contribution < -0.4 is 5.32 Å². The molecule has 2 aliphatic rings. The zero-order chi connectivity index (χ0) is 17.2. The number of aryl methyl sites for hydroxylation is 1. The van der Waals surface area contributed by atoms with Gasteiger partial charge >= 0.3 is 0 Å². The molecule has 1 aliphatic carbocycles. The molecule has 0 spiro atoms. The first-order valence-corrected chi connectivity index (χ1v) is 10.7. The fourth-order valence-electron chi connectivity index (χ4n) is 3.92. The molecular weight excluding hydrogens is 352 g/mol. The number of thiophene rings is 2. The number of nitrogens with one attached hydrogen (secondary N) is 1. The monoisotopic (exact) mass is 376 g/mol. The van der Waals surface area contributed by atoms with Gasteiger partial charge in [0.2, 0.25) is 5.91 Å². The van der Waals surface area contributed by atoms with Crippen molar-refractivity contribution in [2.75, 3.05) is 31.6 Å². The maximum Gasteiger partial charge on any atom is 0.221 e. The molecule has 134 valence electrons. The lowest BCUT2D eigenvalue weighted by Gasteiger charge is -2.35. The Morgan fingerprint density at radius 3 is 2.80 bits per heavy atom. The lowest BCUT2D eigenvalue weighted by molar-refractivity contribution is -0.114. The van der Waals surface area contributed by atoms with Gasteiger partial charge in [0.25, 0.3) is 0 Å². The molecule has 0 radical (unpaired) electrons. The highest BCUT2D eigenvalue weighted by atomic mass is 32.1. The van der Waals surface area contributed by atoms with E-state index in [0.29, 0.717) is 0 Å². The second-order valence-corrected chi connectivity index (χ2v) is 8.79. The quantitative estimate of drug-likeness (QED) is 0.875. The summed E-state index contributed by atoms with van der Waals surface area (Å²) in [5.74, 6) is 0.0201. The Labute approximate surface area is 156 Å². The van der Waals surface area contributed by atoms with Crippen molar-refractivity contribution in [1.82, 2.24) is 4.90 Å². The van der Waals surface area contributed by atoms with Gasteiger partial charge in [0.1, 0.15) is 5.00 Å². The van der Waals surface area contributed by atoms with E-state index in [1.54, 1.807) is 18.3 Å². The number of ether oxygens (including phenoxy) is 1. The van der Waals surface area contributed by atoms with Crippen LogP contribution in [-0.4, -0.2) is 37.1 Å². The Bertz CT molecular complexity index is 733. The van der Waals surface area contributed by atoms with E-state index in [2.05, 4.69) is 27.7 Å². The highest BCUT2D eigenvalue weighted by molar-refractivity contribution is 7.16. The summed E-state index contributed by atoms with van der Waals surface area (Å²) in [5.41, 5.74) is 2.84. The van der Waals surface area contributed by atoms with Crippen LogP contribution in [0.5, 0.6) is 0 Å². The summed E-state index contributed by atoms with van der Waals surface area (Å²) in [4.78, 5) is 17.2. The number of hydrogen-bond acceptors (Lipinski definition) is 5. The zero-order valence-electron chi connectivity index (χ0n) is 14.5. The van der Waals surface area contributed by atoms with Gasteiger partial charge in [-0.15, -0.1) is 22.7 Å². The summed E-state index contributed by atoms with van der Waals surface area (Å²) in [6, 6.07) is 4.59. The molecule has 1 saturated heterocycles. The van der Waals surface area contributed by atoms with Gasteiger partial charge in [-0.05, 0) is 42.7 Å². The third kappa shape index (κ3) is 3.53. The maximum atomic E-state index is 11.8. The predicted molar refractivity (Wildman–Crippen MR) is 104 cm³/mol. The molecule has 4 rings (SSSR count). The Hall–Kier alpha value is -1.21. The van der Waals surface area contributed by atoms with Crippen LogP contribution >= 0.6 is 22.7 Å². The maximum absolute atomic E-state index is 11.8. The van der Waals surface area contributed by atoms with E-state index in [4.69, 9.17) is 4.74 Å². The van der Waals surface area contributed by atoms with Crippen molar-refractivity contribution >= 4 is 33.6 Å². The normalized spacial score (nSPS) is 19.4. The second-order valence-electron chi connectivity index (χ2n) is 6.70. The average molecular weight is 377 g/mol. The van der Waals surface area contributed by atoms with Crippen LogP contribution in [0.4, 0.5) is 5.00 Å². The van der Waals surface area contributed by atoms with E-state index in [-0.39, 0.29) is 11.9 Å². The Morgan fingerprint density at radius 2 is 2.08 bits per heavy atom. The molecule has 3 heterocycles. The highest BCUT2D eigenvalue weighted by Crippen LogP contribution is 2.46. The number of rotatable bonds is 4. The van der Waals surface area contributed by atoms with Crippen molar-refractivity contribution in [3.8, 4) is 0 Å². The summed E-state index contributed by atoms with van der Waals surface area (Å²) in [7, 11) is 0. The van der Waals surface area contributed by atoms with E-state index >= 15 is 0 Å². The van der Waals surface area contributed by atoms with Crippen LogP contribution in [0.3, 0.4) is 0 Å². The van der Waals surface area contributed by atoms with E-state index < -0.39 is 0 Å². The first kappa shape index (κ1) is 17.2. The third-order valence-corrected chi connectivity index (χ3v) is 7.15. The number of amides is 1. The van der Waals surface area contributed by atoms with E-state index in [0.717, 1.165) is 44.1 Å². The molecule has 1 N–H and O–H groups in total. The van der Waals surface area contributed by atoms with Crippen LogP contribution in [0, 0.1) is 0 Å². The molecule has 0 saturated carbocycles. The van der Waals surface area contributed by atoms with E-state index in [9.17, 15) is 4.79 Å². The number of morpholine rings is 1. The molecule has 1 fully saturated rings. The second kappa shape index (κ2) is 7.58. The summed E-state index contributed by atoms with van der Waals surface area (Å²) in [5, 5.41) is 6.35. The van der Waals surface area contributed by atoms with Crippen molar-refractivity contribution < 1.29 is 9.53 Å². The Kier molecular flexibility index (Phi) is 5.22. The van der Waals surface area contributed by atoms with Crippen molar-refractivity contribution in [1.29, 1.82) is 0 Å². The minimum Gasteiger partial charge on any atom is -0.379 e. The lowest BCUT2D eigenvalue weighted by Crippen LogP contribution is -2.39. The number of fused-ring (bicyclic) bond motifs is 1. The van der Waals surface area contributed by atoms with Gasteiger partial charge < -0.3 is 10.1 Å². The Balaban J connectivity index is 1.82. The van der Waals surface area contributed by atoms with Gasteiger partial charge in [0, 0.05) is 35.3 Å². The molecular formula is C19H24N2O2S2. The number of hydrogen-bond donors (Lipinski definition) is 1. The number of carbonyl (C=O) groups excluding carboxylic acids is 1. The summed E-state index contributed by atoms with van der Waals surface area (Å²) < 4.78 is 5.59. The number of nitrogens with zero attached hydrogens (tertiary/aromatic N) is 1. The highest BCUT2D eigenvalue weighted by Gasteiger charge is 2.33. The van der Waals surface area contributed by atoms with Gasteiger partial charge in [0.15, 0.2) is 0 Å². The molecule has 2 aromatic heterocycles. The topological polar surface area (TPSA) is 41.6 Å². The van der Waals surface area contributed by atoms with Gasteiger partial charge in [-0.1, -0.05) is 6.07 Å². The summed E-state index contributed by atoms with van der Waals surface area (Å²) >= 11 is 3.61. The minimum absolute atomic E-state index is 0.0201. The van der Waals surface area contributed by atoms with Gasteiger partial charge in [-0.25, -0.2) is 0 Å². The standard InChI is InChI=1S/C19H24N2O2S2/c1-13(22)20-19-17(14-5-2-3-6-15(14)25-19)18(16-7-4-12-24-16)21-8-10-23-11-9-21/h4,7,12,18H,2-3,5-6,8-11H2,1H3,(H,20,22)/t18-/m1/s1. The molecule has 6 heteroatoms. The fraction of sp³-hybridized carbons (Fsp3) is 0.526. The van der Waals surface area contributed by atoms with Crippen molar-refractivity contribution in [2.24, 2.45) is 0 Å².